The molecule has 24 heavy (non-hydrogen) atoms. The molecule has 0 radical (unpaired) electrons. The third kappa shape index (κ3) is 2.57. The molecule has 6 heteroatoms. The predicted molar refractivity (Wildman–Crippen MR) is 102 cm³/mol. The first-order valence-corrected chi connectivity index (χ1v) is 9.08. The van der Waals surface area contributed by atoms with Gasteiger partial charge in [0, 0.05) is 27.3 Å². The molecule has 2 aromatic carbocycles. The Kier molecular flexibility index (Phi) is 3.78. The molecule has 2 heterocycles. The minimum atomic E-state index is 0.197. The Morgan fingerprint density at radius 2 is 2.04 bits per heavy atom. The summed E-state index contributed by atoms with van der Waals surface area (Å²) in [5.41, 5.74) is 3.59. The van der Waals surface area contributed by atoms with Crippen molar-refractivity contribution >= 4 is 43.7 Å². The Morgan fingerprint density at radius 3 is 2.83 bits per heavy atom. The van der Waals surface area contributed by atoms with E-state index in [4.69, 9.17) is 4.98 Å². The Hall–Kier alpha value is -2.31. The zero-order chi connectivity index (χ0) is 16.7. The van der Waals surface area contributed by atoms with Crippen LogP contribution in [-0.2, 0) is 0 Å². The van der Waals surface area contributed by atoms with Crippen LogP contribution in [0, 0.1) is 6.92 Å². The van der Waals surface area contributed by atoms with Crippen molar-refractivity contribution < 1.29 is 5.11 Å². The highest BCUT2D eigenvalue weighted by molar-refractivity contribution is 9.10. The van der Waals surface area contributed by atoms with Crippen molar-refractivity contribution in [2.45, 2.75) is 6.92 Å². The monoisotopic (exact) mass is 399 g/mol. The first-order valence-electron chi connectivity index (χ1n) is 7.40. The number of halogens is 1. The molecular weight excluding hydrogens is 386 g/mol. The third-order valence-electron chi connectivity index (χ3n) is 3.88. The molecular formula is C18H14BrN3OS. The number of rotatable bonds is 3. The largest absolute Gasteiger partial charge is 0.507 e. The van der Waals surface area contributed by atoms with Crippen molar-refractivity contribution in [1.82, 2.24) is 9.38 Å². The molecule has 0 atom stereocenters. The van der Waals surface area contributed by atoms with Crippen LogP contribution in [0.1, 0.15) is 5.56 Å². The number of benzene rings is 2. The second kappa shape index (κ2) is 5.96. The fraction of sp³-hybridized carbons (Fsp3) is 0.0556. The number of anilines is 2. The molecule has 0 bridgehead atoms. The van der Waals surface area contributed by atoms with Gasteiger partial charge in [-0.1, -0.05) is 34.1 Å². The minimum Gasteiger partial charge on any atom is -0.507 e. The summed E-state index contributed by atoms with van der Waals surface area (Å²) in [6, 6.07) is 13.6. The predicted octanol–water partition coefficient (Wildman–Crippen LogP) is 5.58. The van der Waals surface area contributed by atoms with Gasteiger partial charge in [0.25, 0.3) is 0 Å². The number of para-hydroxylation sites is 1. The Balaban J connectivity index is 1.90. The molecule has 0 aliphatic rings. The lowest BCUT2D eigenvalue weighted by Gasteiger charge is -2.11. The highest BCUT2D eigenvalue weighted by atomic mass is 79.9. The van der Waals surface area contributed by atoms with Crippen LogP contribution in [0.4, 0.5) is 11.5 Å². The molecule has 0 saturated carbocycles. The first kappa shape index (κ1) is 15.2. The fourth-order valence-electron chi connectivity index (χ4n) is 2.64. The fourth-order valence-corrected chi connectivity index (χ4v) is 3.70. The number of hydrogen-bond donors (Lipinski definition) is 2. The maximum atomic E-state index is 10.3. The minimum absolute atomic E-state index is 0.197. The van der Waals surface area contributed by atoms with Crippen molar-refractivity contribution in [3.8, 4) is 17.0 Å². The molecule has 0 saturated heterocycles. The van der Waals surface area contributed by atoms with Gasteiger partial charge in [0.2, 0.25) is 0 Å². The van der Waals surface area contributed by atoms with E-state index in [2.05, 4.69) is 34.2 Å². The van der Waals surface area contributed by atoms with E-state index in [0.29, 0.717) is 5.56 Å². The number of fused-ring (bicyclic) bond motifs is 1. The molecule has 4 nitrogen and oxygen atoms in total. The van der Waals surface area contributed by atoms with Crippen molar-refractivity contribution in [2.24, 2.45) is 0 Å². The van der Waals surface area contributed by atoms with E-state index >= 15 is 0 Å². The summed E-state index contributed by atoms with van der Waals surface area (Å²) in [6.07, 6.45) is 1.98. The van der Waals surface area contributed by atoms with E-state index in [1.54, 1.807) is 17.4 Å². The van der Waals surface area contributed by atoms with Crippen LogP contribution in [0.15, 0.2) is 58.5 Å². The summed E-state index contributed by atoms with van der Waals surface area (Å²) >= 11 is 4.94. The van der Waals surface area contributed by atoms with Crippen LogP contribution in [0.2, 0.25) is 0 Å². The lowest BCUT2D eigenvalue weighted by molar-refractivity contribution is 0.477. The van der Waals surface area contributed by atoms with Gasteiger partial charge < -0.3 is 10.4 Å². The summed E-state index contributed by atoms with van der Waals surface area (Å²) in [5, 5.41) is 15.8. The number of aromatic hydroxyl groups is 1. The zero-order valence-electron chi connectivity index (χ0n) is 12.8. The Bertz CT molecular complexity index is 1040. The SMILES string of the molecule is Cc1ccccc1Nc1c(-c2ccc(Br)cc2O)nc2sccn12. The quantitative estimate of drug-likeness (QED) is 0.472. The van der Waals surface area contributed by atoms with Crippen molar-refractivity contribution in [1.29, 1.82) is 0 Å². The number of phenolic OH excluding ortho intramolecular Hbond substituents is 1. The van der Waals surface area contributed by atoms with Gasteiger partial charge in [-0.2, -0.15) is 0 Å². The summed E-state index contributed by atoms with van der Waals surface area (Å²) in [5.74, 6) is 1.04. The number of phenols is 1. The van der Waals surface area contributed by atoms with Crippen molar-refractivity contribution in [2.75, 3.05) is 5.32 Å². The van der Waals surface area contributed by atoms with E-state index in [1.807, 2.05) is 46.3 Å². The van der Waals surface area contributed by atoms with Gasteiger partial charge in [-0.05, 0) is 36.8 Å². The molecule has 120 valence electrons. The maximum Gasteiger partial charge on any atom is 0.195 e. The van der Waals surface area contributed by atoms with Gasteiger partial charge in [0.1, 0.15) is 17.3 Å². The van der Waals surface area contributed by atoms with Crippen LogP contribution in [0.5, 0.6) is 5.75 Å². The number of nitrogens with zero attached hydrogens (tertiary/aromatic N) is 2. The van der Waals surface area contributed by atoms with Gasteiger partial charge in [0.15, 0.2) is 4.96 Å². The summed E-state index contributed by atoms with van der Waals surface area (Å²) in [7, 11) is 0. The van der Waals surface area contributed by atoms with E-state index in [9.17, 15) is 5.11 Å². The number of aryl methyl sites for hydroxylation is 1. The summed E-state index contributed by atoms with van der Waals surface area (Å²) in [6.45, 7) is 2.06. The second-order valence-corrected chi connectivity index (χ2v) is 7.25. The number of nitrogens with one attached hydrogen (secondary N) is 1. The molecule has 2 aromatic heterocycles. The van der Waals surface area contributed by atoms with Gasteiger partial charge in [-0.25, -0.2) is 4.98 Å². The van der Waals surface area contributed by atoms with E-state index < -0.39 is 0 Å². The molecule has 4 rings (SSSR count). The van der Waals surface area contributed by atoms with E-state index in [-0.39, 0.29) is 5.75 Å². The van der Waals surface area contributed by atoms with Crippen molar-refractivity contribution in [3.05, 3.63) is 64.1 Å². The van der Waals surface area contributed by atoms with E-state index in [1.165, 1.54) is 0 Å². The van der Waals surface area contributed by atoms with Gasteiger partial charge in [0.05, 0.1) is 0 Å². The average molecular weight is 400 g/mol. The molecule has 2 N–H and O–H groups in total. The molecule has 0 fully saturated rings. The van der Waals surface area contributed by atoms with Crippen LogP contribution in [-0.4, -0.2) is 14.5 Å². The smallest absolute Gasteiger partial charge is 0.195 e. The summed E-state index contributed by atoms with van der Waals surface area (Å²) in [4.78, 5) is 5.58. The molecule has 0 aliphatic heterocycles. The lowest BCUT2D eigenvalue weighted by Crippen LogP contribution is -1.97. The van der Waals surface area contributed by atoms with Gasteiger partial charge in [-0.15, -0.1) is 11.3 Å². The highest BCUT2D eigenvalue weighted by Gasteiger charge is 2.18. The average Bonchev–Trinajstić information content (AvgIpc) is 3.12. The Morgan fingerprint density at radius 1 is 1.21 bits per heavy atom. The Labute approximate surface area is 151 Å². The second-order valence-electron chi connectivity index (χ2n) is 5.47. The molecule has 0 amide bonds. The van der Waals surface area contributed by atoms with Gasteiger partial charge >= 0.3 is 0 Å². The zero-order valence-corrected chi connectivity index (χ0v) is 15.2. The van der Waals surface area contributed by atoms with Crippen LogP contribution < -0.4 is 5.32 Å². The standard InChI is InChI=1S/C18H14BrN3OS/c1-11-4-2-3-5-14(11)20-17-16(21-18-22(17)8-9-24-18)13-7-6-12(19)10-15(13)23/h2-10,20,23H,1H3. The summed E-state index contributed by atoms with van der Waals surface area (Å²) < 4.78 is 2.84. The van der Waals surface area contributed by atoms with Crippen molar-refractivity contribution in [3.63, 3.8) is 0 Å². The first-order chi connectivity index (χ1) is 11.6. The van der Waals surface area contributed by atoms with Crippen LogP contribution >= 0.6 is 27.3 Å². The number of thiazole rings is 1. The third-order valence-corrected chi connectivity index (χ3v) is 5.13. The lowest BCUT2D eigenvalue weighted by atomic mass is 10.1. The van der Waals surface area contributed by atoms with Crippen LogP contribution in [0.25, 0.3) is 16.2 Å². The van der Waals surface area contributed by atoms with Gasteiger partial charge in [-0.3, -0.25) is 4.40 Å². The topological polar surface area (TPSA) is 49.6 Å². The van der Waals surface area contributed by atoms with E-state index in [0.717, 1.165) is 32.2 Å². The number of hydrogen-bond acceptors (Lipinski definition) is 4. The molecule has 0 unspecified atom stereocenters. The van der Waals surface area contributed by atoms with Crippen LogP contribution in [0.3, 0.4) is 0 Å². The normalized spacial score (nSPS) is 11.1. The number of aromatic nitrogens is 2. The molecule has 0 aliphatic carbocycles. The maximum absolute atomic E-state index is 10.3. The highest BCUT2D eigenvalue weighted by Crippen LogP contribution is 2.38. The number of imidazole rings is 1. The molecule has 4 aromatic rings. The molecule has 0 spiro atoms.